The van der Waals surface area contributed by atoms with E-state index in [0.717, 1.165) is 0 Å². The fourth-order valence-corrected chi connectivity index (χ4v) is 3.41. The van der Waals surface area contributed by atoms with Crippen molar-refractivity contribution >= 4 is 19.3 Å². The second kappa shape index (κ2) is 8.40. The molecule has 0 rings (SSSR count). The molecule has 0 aromatic rings. The van der Waals surface area contributed by atoms with Crippen LogP contribution in [0.1, 0.15) is 34.1 Å². The lowest BCUT2D eigenvalue weighted by Gasteiger charge is -2.23. The largest absolute Gasteiger partial charge is 0.466 e. The average Bonchev–Trinajstić information content (AvgIpc) is 2.26. The van der Waals surface area contributed by atoms with Crippen LogP contribution in [0.3, 0.4) is 0 Å². The molecule has 0 aliphatic carbocycles. The second-order valence-corrected chi connectivity index (χ2v) is 5.73. The number of carbonyl (C=O) groups excluding carboxylic acids is 2. The van der Waals surface area contributed by atoms with Crippen LogP contribution in [0.5, 0.6) is 0 Å². The summed E-state index contributed by atoms with van der Waals surface area (Å²) in [6.07, 6.45) is -0.291. The van der Waals surface area contributed by atoms with Crippen molar-refractivity contribution in [2.24, 2.45) is 0 Å². The minimum Gasteiger partial charge on any atom is -0.466 e. The number of hydrogen-bond acceptors (Lipinski definition) is 6. The van der Waals surface area contributed by atoms with Gasteiger partial charge in [-0.15, -0.1) is 0 Å². The molecule has 0 saturated heterocycles. The number of esters is 1. The zero-order chi connectivity index (χ0) is 14.2. The van der Waals surface area contributed by atoms with Gasteiger partial charge in [-0.3, -0.25) is 14.2 Å². The Morgan fingerprint density at radius 1 is 1.06 bits per heavy atom. The van der Waals surface area contributed by atoms with E-state index in [1.807, 2.05) is 0 Å². The van der Waals surface area contributed by atoms with Gasteiger partial charge in [-0.2, -0.15) is 0 Å². The fourth-order valence-electron chi connectivity index (χ4n) is 1.43. The molecular weight excluding hydrogens is 259 g/mol. The van der Waals surface area contributed by atoms with Crippen LogP contribution in [-0.4, -0.2) is 37.2 Å². The van der Waals surface area contributed by atoms with Crippen molar-refractivity contribution < 1.29 is 27.9 Å². The molecule has 0 saturated carbocycles. The molecule has 0 aromatic carbocycles. The number of ether oxygens (including phenoxy) is 1. The predicted octanol–water partition coefficient (Wildman–Crippen LogP) is 2.16. The summed E-state index contributed by atoms with van der Waals surface area (Å²) in [7, 11) is -3.61. The topological polar surface area (TPSA) is 78.9 Å². The molecule has 0 amide bonds. The van der Waals surface area contributed by atoms with E-state index in [2.05, 4.69) is 0 Å². The first-order chi connectivity index (χ1) is 8.41. The number of hydrogen-bond donors (Lipinski definition) is 0. The molecule has 0 bridgehead atoms. The van der Waals surface area contributed by atoms with E-state index in [1.54, 1.807) is 20.8 Å². The highest BCUT2D eigenvalue weighted by Crippen LogP contribution is 2.54. The average molecular weight is 280 g/mol. The van der Waals surface area contributed by atoms with Gasteiger partial charge in [0.05, 0.1) is 26.2 Å². The third kappa shape index (κ3) is 5.29. The Morgan fingerprint density at radius 2 is 1.56 bits per heavy atom. The summed E-state index contributed by atoms with van der Waals surface area (Å²) in [6.45, 7) is 6.70. The van der Waals surface area contributed by atoms with Gasteiger partial charge >= 0.3 is 13.6 Å². The van der Waals surface area contributed by atoms with Gasteiger partial charge in [-0.1, -0.05) is 0 Å². The van der Waals surface area contributed by atoms with Gasteiger partial charge in [0.15, 0.2) is 0 Å². The summed E-state index contributed by atoms with van der Waals surface area (Å²) in [5.41, 5.74) is -1.10. The van der Waals surface area contributed by atoms with E-state index in [1.165, 1.54) is 6.92 Å². The highest BCUT2D eigenvalue weighted by molar-refractivity contribution is 7.55. The van der Waals surface area contributed by atoms with Gasteiger partial charge in [0, 0.05) is 0 Å². The summed E-state index contributed by atoms with van der Waals surface area (Å²) in [5, 5.41) is 0. The van der Waals surface area contributed by atoms with E-state index in [0.29, 0.717) is 0 Å². The zero-order valence-electron chi connectivity index (χ0n) is 11.3. The molecule has 7 heteroatoms. The number of carbonyl (C=O) groups is 2. The number of ketones is 1. The minimum absolute atomic E-state index is 0.143. The van der Waals surface area contributed by atoms with Gasteiger partial charge in [0.25, 0.3) is 0 Å². The molecule has 0 heterocycles. The lowest BCUT2D eigenvalue weighted by atomic mass is 10.2. The SMILES string of the molecule is CCOC(=O)C[C@@H](C(C)=O)P(=O)(OCC)OCC. The quantitative estimate of drug-likeness (QED) is 0.475. The summed E-state index contributed by atoms with van der Waals surface area (Å²) >= 11 is 0. The normalized spacial score (nSPS) is 13.1. The van der Waals surface area contributed by atoms with Crippen LogP contribution in [0, 0.1) is 0 Å². The summed E-state index contributed by atoms with van der Waals surface area (Å²) in [5.74, 6) is -0.995. The third-order valence-corrected chi connectivity index (χ3v) is 4.68. The van der Waals surface area contributed by atoms with Crippen LogP contribution >= 0.6 is 7.60 Å². The van der Waals surface area contributed by atoms with E-state index in [-0.39, 0.29) is 26.2 Å². The van der Waals surface area contributed by atoms with Crippen LogP contribution in [0.4, 0.5) is 0 Å². The second-order valence-electron chi connectivity index (χ2n) is 3.51. The standard InChI is InChI=1S/C11H21O6P/c1-5-15-11(13)8-10(9(4)12)18(14,16-6-2)17-7-3/h10H,5-8H2,1-4H3/t10-/m0/s1. The van der Waals surface area contributed by atoms with Crippen LogP contribution in [0.25, 0.3) is 0 Å². The van der Waals surface area contributed by atoms with E-state index < -0.39 is 25.0 Å². The molecule has 0 unspecified atom stereocenters. The highest BCUT2D eigenvalue weighted by atomic mass is 31.2. The first-order valence-corrected chi connectivity index (χ1v) is 7.57. The smallest absolute Gasteiger partial charge is 0.341 e. The minimum atomic E-state index is -3.61. The third-order valence-electron chi connectivity index (χ3n) is 2.13. The fraction of sp³-hybridized carbons (Fsp3) is 0.818. The van der Waals surface area contributed by atoms with Gasteiger partial charge in [-0.05, 0) is 27.7 Å². The molecule has 1 atom stereocenters. The lowest BCUT2D eigenvalue weighted by molar-refractivity contribution is -0.144. The molecule has 0 aromatic heterocycles. The zero-order valence-corrected chi connectivity index (χ0v) is 12.2. The van der Waals surface area contributed by atoms with Crippen molar-refractivity contribution in [3.05, 3.63) is 0 Å². The highest BCUT2D eigenvalue weighted by Gasteiger charge is 2.40. The molecule has 18 heavy (non-hydrogen) atoms. The van der Waals surface area contributed by atoms with Crippen molar-refractivity contribution in [3.8, 4) is 0 Å². The van der Waals surface area contributed by atoms with Gasteiger partial charge in [0.2, 0.25) is 0 Å². The Bertz CT molecular complexity index is 317. The summed E-state index contributed by atoms with van der Waals surface area (Å²) in [6, 6.07) is 0. The first-order valence-electron chi connectivity index (χ1n) is 5.96. The summed E-state index contributed by atoms with van der Waals surface area (Å²) < 4.78 is 27.3. The summed E-state index contributed by atoms with van der Waals surface area (Å²) in [4.78, 5) is 22.9. The molecule has 0 aliphatic rings. The van der Waals surface area contributed by atoms with E-state index in [4.69, 9.17) is 13.8 Å². The van der Waals surface area contributed by atoms with E-state index >= 15 is 0 Å². The van der Waals surface area contributed by atoms with Crippen molar-refractivity contribution in [2.75, 3.05) is 19.8 Å². The number of Topliss-reactive ketones (excluding diaryl/α,β-unsaturated/α-hetero) is 1. The monoisotopic (exact) mass is 280 g/mol. The molecule has 0 spiro atoms. The maximum Gasteiger partial charge on any atom is 0.341 e. The van der Waals surface area contributed by atoms with E-state index in [9.17, 15) is 14.2 Å². The Balaban J connectivity index is 4.98. The van der Waals surface area contributed by atoms with Crippen LogP contribution in [0.15, 0.2) is 0 Å². The van der Waals surface area contributed by atoms with Gasteiger partial charge in [0.1, 0.15) is 11.4 Å². The molecule has 0 N–H and O–H groups in total. The molecule has 0 aliphatic heterocycles. The first kappa shape index (κ1) is 17.3. The Kier molecular flexibility index (Phi) is 8.07. The molecule has 0 radical (unpaired) electrons. The molecule has 106 valence electrons. The Hall–Kier alpha value is -0.710. The Labute approximate surface area is 108 Å². The lowest BCUT2D eigenvalue weighted by Crippen LogP contribution is -2.25. The van der Waals surface area contributed by atoms with Crippen LogP contribution < -0.4 is 0 Å². The molecule has 6 nitrogen and oxygen atoms in total. The van der Waals surface area contributed by atoms with Crippen LogP contribution in [0.2, 0.25) is 0 Å². The van der Waals surface area contributed by atoms with Crippen LogP contribution in [-0.2, 0) is 27.9 Å². The maximum absolute atomic E-state index is 12.4. The maximum atomic E-state index is 12.4. The molecular formula is C11H21O6P. The van der Waals surface area contributed by atoms with Gasteiger partial charge < -0.3 is 13.8 Å². The van der Waals surface area contributed by atoms with Crippen molar-refractivity contribution in [1.29, 1.82) is 0 Å². The Morgan fingerprint density at radius 3 is 1.89 bits per heavy atom. The van der Waals surface area contributed by atoms with Gasteiger partial charge in [-0.25, -0.2) is 0 Å². The van der Waals surface area contributed by atoms with Crippen molar-refractivity contribution in [1.82, 2.24) is 0 Å². The number of rotatable bonds is 9. The predicted molar refractivity (Wildman–Crippen MR) is 66.6 cm³/mol. The van der Waals surface area contributed by atoms with Crippen molar-refractivity contribution in [2.45, 2.75) is 39.8 Å². The van der Waals surface area contributed by atoms with Crippen molar-refractivity contribution in [3.63, 3.8) is 0 Å². The molecule has 0 fully saturated rings.